The van der Waals surface area contributed by atoms with Crippen molar-refractivity contribution in [1.29, 1.82) is 0 Å². The second-order valence-electron chi connectivity index (χ2n) is 3.91. The van der Waals surface area contributed by atoms with E-state index in [9.17, 15) is 0 Å². The van der Waals surface area contributed by atoms with Crippen LogP contribution in [0.1, 0.15) is 39.5 Å². The Morgan fingerprint density at radius 2 is 2.23 bits per heavy atom. The summed E-state index contributed by atoms with van der Waals surface area (Å²) in [5, 5.41) is 0. The lowest BCUT2D eigenvalue weighted by Crippen LogP contribution is -2.29. The van der Waals surface area contributed by atoms with Crippen LogP contribution in [0.5, 0.6) is 0 Å². The van der Waals surface area contributed by atoms with Crippen molar-refractivity contribution in [2.24, 2.45) is 10.9 Å². The molecule has 0 radical (unpaired) electrons. The van der Waals surface area contributed by atoms with Gasteiger partial charge in [-0.2, -0.15) is 0 Å². The van der Waals surface area contributed by atoms with Gasteiger partial charge in [-0.3, -0.25) is 4.99 Å². The molecule has 0 bridgehead atoms. The molecule has 0 aliphatic carbocycles. The highest BCUT2D eigenvalue weighted by Gasteiger charge is 2.20. The molecule has 1 aliphatic heterocycles. The molecule has 1 atom stereocenters. The number of nitrogens with zero attached hydrogens (tertiary/aromatic N) is 2. The Bertz CT molecular complexity index is 175. The maximum Gasteiger partial charge on any atom is 0.102 e. The van der Waals surface area contributed by atoms with Crippen LogP contribution in [0.3, 0.4) is 0 Å². The van der Waals surface area contributed by atoms with E-state index in [2.05, 4.69) is 30.8 Å². The van der Waals surface area contributed by atoms with Gasteiger partial charge in [0.1, 0.15) is 5.84 Å². The molecular formula is C11H22N2. The van der Waals surface area contributed by atoms with E-state index in [4.69, 9.17) is 0 Å². The molecule has 1 unspecified atom stereocenters. The van der Waals surface area contributed by atoms with Crippen LogP contribution in [-0.2, 0) is 0 Å². The molecule has 0 N–H and O–H groups in total. The van der Waals surface area contributed by atoms with E-state index in [0.29, 0.717) is 5.92 Å². The maximum atomic E-state index is 4.58. The Balaban J connectivity index is 2.45. The van der Waals surface area contributed by atoms with E-state index < -0.39 is 0 Å². The van der Waals surface area contributed by atoms with Gasteiger partial charge in [0.05, 0.1) is 6.54 Å². The van der Waals surface area contributed by atoms with Crippen molar-refractivity contribution in [3.8, 4) is 0 Å². The van der Waals surface area contributed by atoms with Gasteiger partial charge in [-0.25, -0.2) is 0 Å². The summed E-state index contributed by atoms with van der Waals surface area (Å²) in [6.07, 6.45) is 5.19. The van der Waals surface area contributed by atoms with Gasteiger partial charge in [-0.15, -0.1) is 0 Å². The summed E-state index contributed by atoms with van der Waals surface area (Å²) in [7, 11) is 2.17. The molecule has 0 aromatic rings. The van der Waals surface area contributed by atoms with Crippen molar-refractivity contribution < 1.29 is 0 Å². The predicted octanol–water partition coefficient (Wildman–Crippen LogP) is 2.55. The number of amidine groups is 1. The van der Waals surface area contributed by atoms with Gasteiger partial charge in [0.25, 0.3) is 0 Å². The maximum absolute atomic E-state index is 4.58. The number of likely N-dealkylation sites (N-methyl/N-ethyl adjacent to an activating group) is 1. The standard InChI is InChI=1S/C11H22N2/c1-4-6-7-10(5-2)11-12-8-9-13(11)3/h10H,4-9H2,1-3H3. The van der Waals surface area contributed by atoms with E-state index >= 15 is 0 Å². The monoisotopic (exact) mass is 182 g/mol. The second-order valence-corrected chi connectivity index (χ2v) is 3.91. The third-order valence-electron chi connectivity index (χ3n) is 2.86. The molecule has 0 aromatic heterocycles. The molecule has 1 aliphatic rings. The van der Waals surface area contributed by atoms with Gasteiger partial charge in [-0.05, 0) is 12.8 Å². The molecule has 0 aromatic carbocycles. The smallest absolute Gasteiger partial charge is 0.102 e. The first-order valence-electron chi connectivity index (χ1n) is 5.55. The summed E-state index contributed by atoms with van der Waals surface area (Å²) in [5.41, 5.74) is 0. The van der Waals surface area contributed by atoms with Crippen molar-refractivity contribution >= 4 is 5.84 Å². The van der Waals surface area contributed by atoms with Gasteiger partial charge in [0, 0.05) is 19.5 Å². The molecule has 0 amide bonds. The van der Waals surface area contributed by atoms with E-state index in [0.717, 1.165) is 13.1 Å². The molecule has 1 rings (SSSR count). The lowest BCUT2D eigenvalue weighted by atomic mass is 9.98. The summed E-state index contributed by atoms with van der Waals surface area (Å²) in [6.45, 7) is 6.66. The second kappa shape index (κ2) is 5.25. The fourth-order valence-corrected chi connectivity index (χ4v) is 1.96. The largest absolute Gasteiger partial charge is 0.361 e. The first kappa shape index (κ1) is 10.6. The van der Waals surface area contributed by atoms with Crippen LogP contribution in [-0.4, -0.2) is 30.9 Å². The third-order valence-corrected chi connectivity index (χ3v) is 2.86. The van der Waals surface area contributed by atoms with Crippen LogP contribution in [0.4, 0.5) is 0 Å². The van der Waals surface area contributed by atoms with Crippen LogP contribution in [0.25, 0.3) is 0 Å². The fraction of sp³-hybridized carbons (Fsp3) is 0.909. The van der Waals surface area contributed by atoms with Gasteiger partial charge in [-0.1, -0.05) is 26.7 Å². The Morgan fingerprint density at radius 1 is 1.46 bits per heavy atom. The Hall–Kier alpha value is -0.530. The summed E-state index contributed by atoms with van der Waals surface area (Å²) >= 11 is 0. The zero-order chi connectivity index (χ0) is 9.68. The Kier molecular flexibility index (Phi) is 4.26. The van der Waals surface area contributed by atoms with E-state index in [1.54, 1.807) is 0 Å². The highest BCUT2D eigenvalue weighted by Crippen LogP contribution is 2.18. The molecule has 2 heteroatoms. The van der Waals surface area contributed by atoms with E-state index in [1.165, 1.54) is 31.5 Å². The van der Waals surface area contributed by atoms with E-state index in [-0.39, 0.29) is 0 Å². The first-order chi connectivity index (χ1) is 6.29. The van der Waals surface area contributed by atoms with Gasteiger partial charge < -0.3 is 4.90 Å². The van der Waals surface area contributed by atoms with Gasteiger partial charge >= 0.3 is 0 Å². The number of aliphatic imine (C=N–C) groups is 1. The normalized spacial score (nSPS) is 19.0. The van der Waals surface area contributed by atoms with E-state index in [1.807, 2.05) is 0 Å². The van der Waals surface area contributed by atoms with Crippen LogP contribution in [0, 0.1) is 5.92 Å². The molecule has 76 valence electrons. The summed E-state index contributed by atoms with van der Waals surface area (Å²) < 4.78 is 0. The minimum atomic E-state index is 0.715. The van der Waals surface area contributed by atoms with Crippen molar-refractivity contribution in [3.63, 3.8) is 0 Å². The molecule has 13 heavy (non-hydrogen) atoms. The van der Waals surface area contributed by atoms with Crippen molar-refractivity contribution in [3.05, 3.63) is 0 Å². The lowest BCUT2D eigenvalue weighted by molar-refractivity contribution is 0.478. The third kappa shape index (κ3) is 2.71. The molecule has 0 spiro atoms. The highest BCUT2D eigenvalue weighted by molar-refractivity contribution is 5.85. The predicted molar refractivity (Wildman–Crippen MR) is 58.2 cm³/mol. The van der Waals surface area contributed by atoms with Gasteiger partial charge in [0.2, 0.25) is 0 Å². The summed E-state index contributed by atoms with van der Waals surface area (Å²) in [6, 6.07) is 0. The average Bonchev–Trinajstić information content (AvgIpc) is 2.54. The molecular weight excluding hydrogens is 160 g/mol. The number of unbranched alkanes of at least 4 members (excludes halogenated alkanes) is 1. The van der Waals surface area contributed by atoms with Crippen molar-refractivity contribution in [2.45, 2.75) is 39.5 Å². The van der Waals surface area contributed by atoms with Crippen LogP contribution >= 0.6 is 0 Å². The molecule has 1 heterocycles. The zero-order valence-electron chi connectivity index (χ0n) is 9.21. The number of rotatable bonds is 5. The van der Waals surface area contributed by atoms with Crippen molar-refractivity contribution in [1.82, 2.24) is 4.90 Å². The molecule has 0 fully saturated rings. The van der Waals surface area contributed by atoms with Crippen molar-refractivity contribution in [2.75, 3.05) is 20.1 Å². The average molecular weight is 182 g/mol. The lowest BCUT2D eigenvalue weighted by Gasteiger charge is -2.21. The minimum Gasteiger partial charge on any atom is -0.361 e. The quantitative estimate of drug-likeness (QED) is 0.638. The highest BCUT2D eigenvalue weighted by atomic mass is 15.2. The summed E-state index contributed by atoms with van der Waals surface area (Å²) in [4.78, 5) is 6.91. The van der Waals surface area contributed by atoms with Crippen LogP contribution in [0.15, 0.2) is 4.99 Å². The van der Waals surface area contributed by atoms with Crippen LogP contribution < -0.4 is 0 Å². The van der Waals surface area contributed by atoms with Crippen LogP contribution in [0.2, 0.25) is 0 Å². The Morgan fingerprint density at radius 3 is 2.69 bits per heavy atom. The minimum absolute atomic E-state index is 0.715. The molecule has 0 saturated heterocycles. The Labute approximate surface area is 82.0 Å². The fourth-order valence-electron chi connectivity index (χ4n) is 1.96. The number of hydrogen-bond donors (Lipinski definition) is 0. The molecule has 2 nitrogen and oxygen atoms in total. The molecule has 0 saturated carbocycles. The first-order valence-corrected chi connectivity index (χ1v) is 5.55. The zero-order valence-corrected chi connectivity index (χ0v) is 9.21. The topological polar surface area (TPSA) is 15.6 Å². The summed E-state index contributed by atoms with van der Waals surface area (Å²) in [5.74, 6) is 2.07. The SMILES string of the molecule is CCCCC(CC)C1=NCCN1C. The van der Waals surface area contributed by atoms with Gasteiger partial charge in [0.15, 0.2) is 0 Å². The number of hydrogen-bond acceptors (Lipinski definition) is 2.